The first-order valence-corrected chi connectivity index (χ1v) is 11.5. The summed E-state index contributed by atoms with van der Waals surface area (Å²) in [7, 11) is -8.21. The van der Waals surface area contributed by atoms with E-state index in [4.69, 9.17) is 14.4 Å². The largest absolute Gasteiger partial charge is 0.466 e. The second-order valence-corrected chi connectivity index (χ2v) is 9.97. The van der Waals surface area contributed by atoms with E-state index in [-0.39, 0.29) is 75.0 Å². The van der Waals surface area contributed by atoms with Crippen LogP contribution in [0.1, 0.15) is 12.8 Å². The number of ether oxygens (including phenoxy) is 1. The van der Waals surface area contributed by atoms with Gasteiger partial charge in [-0.05, 0) is 6.42 Å². The van der Waals surface area contributed by atoms with Crippen molar-refractivity contribution in [1.29, 1.82) is 0 Å². The van der Waals surface area contributed by atoms with Crippen molar-refractivity contribution in [3.63, 3.8) is 0 Å². The Morgan fingerprint density at radius 3 is 2.22 bits per heavy atom. The molecule has 0 aromatic carbocycles. The first-order valence-electron chi connectivity index (χ1n) is 7.22. The van der Waals surface area contributed by atoms with Crippen LogP contribution >= 0.6 is 11.8 Å². The van der Waals surface area contributed by atoms with Crippen molar-refractivity contribution in [3.05, 3.63) is 0 Å². The zero-order chi connectivity index (χ0) is 20.1. The topological polar surface area (TPSA) is 200 Å². The predicted molar refractivity (Wildman–Crippen MR) is 96.1 cm³/mol. The fourth-order valence-electron chi connectivity index (χ4n) is 2.00. The van der Waals surface area contributed by atoms with Crippen LogP contribution in [0.4, 0.5) is 0 Å². The van der Waals surface area contributed by atoms with Gasteiger partial charge in [0, 0.05) is 64.1 Å². The molecule has 0 spiro atoms. The number of thioether (sulfide) groups is 1. The van der Waals surface area contributed by atoms with Crippen molar-refractivity contribution in [3.8, 4) is 0 Å². The number of aliphatic hydroxyl groups is 4. The molecule has 0 unspecified atom stereocenters. The van der Waals surface area contributed by atoms with Gasteiger partial charge in [-0.3, -0.25) is 4.55 Å². The van der Waals surface area contributed by atoms with Crippen LogP contribution in [-0.4, -0.2) is 147 Å². The summed E-state index contributed by atoms with van der Waals surface area (Å²) in [5, 5.41) is 41.6. The molecule has 5 N–H and O–H groups in total. The molecule has 1 saturated heterocycles. The van der Waals surface area contributed by atoms with Crippen LogP contribution in [0.2, 0.25) is 0 Å². The van der Waals surface area contributed by atoms with Crippen LogP contribution < -0.4 is 0 Å². The minimum absolute atomic E-state index is 0. The summed E-state index contributed by atoms with van der Waals surface area (Å²) in [6.45, 7) is -0.663. The molecule has 12 nitrogen and oxygen atoms in total. The molecular formula is C11H21KNO11S3. The SMILES string of the molecule is CS(=O)(=O)CCC/C(=N/OS(=O)(=O)O)S[C@@H]1O[C@H](CO)[C@@H](O)[C@H](O)[C@H]1O.[K]. The van der Waals surface area contributed by atoms with Gasteiger partial charge in [0.25, 0.3) is 0 Å². The maximum absolute atomic E-state index is 11.2. The van der Waals surface area contributed by atoms with E-state index >= 15 is 0 Å². The number of rotatable bonds is 8. The van der Waals surface area contributed by atoms with Gasteiger partial charge in [-0.25, -0.2) is 12.7 Å². The average molecular weight is 479 g/mol. The van der Waals surface area contributed by atoms with Crippen LogP contribution in [0.3, 0.4) is 0 Å². The Labute approximate surface area is 203 Å². The van der Waals surface area contributed by atoms with Crippen LogP contribution in [0.5, 0.6) is 0 Å². The number of oxime groups is 1. The van der Waals surface area contributed by atoms with E-state index in [9.17, 15) is 32.2 Å². The Balaban J connectivity index is 0.00000676. The molecule has 27 heavy (non-hydrogen) atoms. The van der Waals surface area contributed by atoms with Crippen LogP contribution in [0, 0.1) is 0 Å². The third-order valence-electron chi connectivity index (χ3n) is 3.24. The predicted octanol–water partition coefficient (Wildman–Crippen LogP) is -2.90. The van der Waals surface area contributed by atoms with Gasteiger partial charge < -0.3 is 25.2 Å². The second kappa shape index (κ2) is 12.1. The number of nitrogens with zero attached hydrogens (tertiary/aromatic N) is 1. The zero-order valence-corrected chi connectivity index (χ0v) is 20.1. The van der Waals surface area contributed by atoms with E-state index in [1.165, 1.54) is 0 Å². The number of aliphatic hydroxyl groups excluding tert-OH is 4. The van der Waals surface area contributed by atoms with Gasteiger partial charge >= 0.3 is 10.4 Å². The summed E-state index contributed by atoms with van der Waals surface area (Å²) in [5.74, 6) is -0.243. The third kappa shape index (κ3) is 10.6. The molecular weight excluding hydrogens is 457 g/mol. The van der Waals surface area contributed by atoms with E-state index in [0.29, 0.717) is 11.8 Å². The van der Waals surface area contributed by atoms with Crippen molar-refractivity contribution in [2.45, 2.75) is 42.7 Å². The van der Waals surface area contributed by atoms with Crippen LogP contribution in [0.15, 0.2) is 5.16 Å². The monoisotopic (exact) mass is 478 g/mol. The molecule has 0 aliphatic carbocycles. The smallest absolute Gasteiger partial charge is 0.394 e. The van der Waals surface area contributed by atoms with E-state index in [2.05, 4.69) is 9.44 Å². The van der Waals surface area contributed by atoms with Crippen LogP contribution in [-0.2, 0) is 29.3 Å². The van der Waals surface area contributed by atoms with E-state index in [0.717, 1.165) is 6.26 Å². The average Bonchev–Trinajstić information content (AvgIpc) is 2.50. The molecule has 155 valence electrons. The molecule has 1 radical (unpaired) electrons. The van der Waals surface area contributed by atoms with E-state index < -0.39 is 56.7 Å². The normalized spacial score (nSPS) is 29.9. The fraction of sp³-hybridized carbons (Fsp3) is 0.909. The zero-order valence-electron chi connectivity index (χ0n) is 14.6. The molecule has 0 bridgehead atoms. The van der Waals surface area contributed by atoms with Gasteiger partial charge in [0.2, 0.25) is 0 Å². The molecule has 0 aromatic rings. The van der Waals surface area contributed by atoms with Gasteiger partial charge in [0.15, 0.2) is 0 Å². The number of hydrogen-bond acceptors (Lipinski definition) is 12. The van der Waals surface area contributed by atoms with Gasteiger partial charge in [-0.1, -0.05) is 16.9 Å². The Hall–Kier alpha value is 1.12. The maximum atomic E-state index is 11.2. The van der Waals surface area contributed by atoms with Gasteiger partial charge in [-0.2, -0.15) is 8.42 Å². The summed E-state index contributed by atoms with van der Waals surface area (Å²) in [6, 6.07) is 0. The first kappa shape index (κ1) is 28.1. The van der Waals surface area contributed by atoms with Crippen LogP contribution in [0.25, 0.3) is 0 Å². The molecule has 1 fully saturated rings. The minimum Gasteiger partial charge on any atom is -0.394 e. The van der Waals surface area contributed by atoms with Crippen molar-refractivity contribution < 1.29 is 50.8 Å². The number of sulfone groups is 1. The fourth-order valence-corrected chi connectivity index (χ4v) is 4.01. The number of hydrogen-bond donors (Lipinski definition) is 5. The first-order chi connectivity index (χ1) is 11.8. The molecule has 1 aliphatic rings. The summed E-state index contributed by atoms with van der Waals surface area (Å²) >= 11 is 0.590. The van der Waals surface area contributed by atoms with E-state index in [1.54, 1.807) is 0 Å². The van der Waals surface area contributed by atoms with Crippen molar-refractivity contribution in [2.75, 3.05) is 18.6 Å². The summed E-state index contributed by atoms with van der Waals surface area (Å²) in [6.07, 6.45) is -5.12. The maximum Gasteiger partial charge on any atom is 0.466 e. The van der Waals surface area contributed by atoms with E-state index in [1.807, 2.05) is 0 Å². The molecule has 0 saturated carbocycles. The molecule has 0 amide bonds. The van der Waals surface area contributed by atoms with Crippen molar-refractivity contribution in [2.24, 2.45) is 5.16 Å². The molecule has 0 aromatic heterocycles. The molecule has 1 aliphatic heterocycles. The second-order valence-electron chi connectivity index (χ2n) is 5.54. The molecule has 5 atom stereocenters. The third-order valence-corrected chi connectivity index (χ3v) is 5.71. The molecule has 16 heteroatoms. The van der Waals surface area contributed by atoms with Crippen molar-refractivity contribution in [1.82, 2.24) is 0 Å². The summed E-state index contributed by atoms with van der Waals surface area (Å²) in [4.78, 5) is 0. The minimum atomic E-state index is -4.91. The van der Waals surface area contributed by atoms with Crippen molar-refractivity contribution >= 4 is 88.4 Å². The quantitative estimate of drug-likeness (QED) is 0.0784. The van der Waals surface area contributed by atoms with Gasteiger partial charge in [0.05, 0.1) is 12.4 Å². The Bertz CT molecular complexity index is 696. The Kier molecular flexibility index (Phi) is 12.6. The Morgan fingerprint density at radius 2 is 1.74 bits per heavy atom. The standard InChI is InChI=1S/C11H21NO11S3.K/c1-25(17,18)4-2-3-7(12-23-26(19,20)21)24-11-10(16)9(15)8(14)6(5-13)22-11;/h6,8-11,13-16H,2-5H2,1H3,(H,19,20,21);/b12-7-;/t6-,8-,9+,10-,11+;/m1./s1. The molecule has 1 heterocycles. The van der Waals surface area contributed by atoms with Gasteiger partial charge in [-0.15, -0.1) is 0 Å². The van der Waals surface area contributed by atoms with Gasteiger partial charge in [0.1, 0.15) is 44.7 Å². The Morgan fingerprint density at radius 1 is 1.15 bits per heavy atom. The summed E-state index contributed by atoms with van der Waals surface area (Å²) in [5.41, 5.74) is -1.27. The summed E-state index contributed by atoms with van der Waals surface area (Å²) < 4.78 is 61.4. The molecule has 1 rings (SSSR count).